The Bertz CT molecular complexity index is 729. The molecule has 1 aromatic heterocycles. The van der Waals surface area contributed by atoms with E-state index in [0.29, 0.717) is 30.5 Å². The zero-order chi connectivity index (χ0) is 20.9. The van der Waals surface area contributed by atoms with Crippen LogP contribution in [0.4, 0.5) is 0 Å². The second-order valence-electron chi connectivity index (χ2n) is 8.72. The first-order valence-electron chi connectivity index (χ1n) is 11.0. The van der Waals surface area contributed by atoms with Crippen LogP contribution in [-0.2, 0) is 9.53 Å². The summed E-state index contributed by atoms with van der Waals surface area (Å²) >= 11 is 0. The number of methoxy groups -OCH3 is 1. The fourth-order valence-corrected chi connectivity index (χ4v) is 4.25. The van der Waals surface area contributed by atoms with Crippen molar-refractivity contribution >= 4 is 11.8 Å². The van der Waals surface area contributed by atoms with Crippen molar-refractivity contribution in [3.63, 3.8) is 0 Å². The molecular formula is C22H32N4O4. The predicted octanol–water partition coefficient (Wildman–Crippen LogP) is 1.17. The topological polar surface area (TPSA) is 84.0 Å². The SMILES string of the molecule is COc1ccc(C(=O)NCC2CN(CC3CCN(CC4CC4)CC3)C(=O)CO2)cn1. The number of carbonyl (C=O) groups excluding carboxylic acids is 2. The fourth-order valence-electron chi connectivity index (χ4n) is 4.25. The van der Waals surface area contributed by atoms with Crippen LogP contribution in [0, 0.1) is 11.8 Å². The molecular weight excluding hydrogens is 384 g/mol. The van der Waals surface area contributed by atoms with Crippen molar-refractivity contribution < 1.29 is 19.1 Å². The minimum atomic E-state index is -0.208. The van der Waals surface area contributed by atoms with E-state index in [1.165, 1.54) is 32.7 Å². The van der Waals surface area contributed by atoms with Crippen molar-refractivity contribution in [3.8, 4) is 5.88 Å². The number of pyridine rings is 1. The third kappa shape index (κ3) is 5.70. The van der Waals surface area contributed by atoms with Crippen LogP contribution in [0.2, 0.25) is 0 Å². The van der Waals surface area contributed by atoms with Crippen LogP contribution in [0.3, 0.4) is 0 Å². The van der Waals surface area contributed by atoms with Crippen LogP contribution in [0.1, 0.15) is 36.0 Å². The Morgan fingerprint density at radius 1 is 1.20 bits per heavy atom. The van der Waals surface area contributed by atoms with Crippen molar-refractivity contribution in [2.75, 3.05) is 53.0 Å². The van der Waals surface area contributed by atoms with Gasteiger partial charge in [0.1, 0.15) is 6.61 Å². The average Bonchev–Trinajstić information content (AvgIpc) is 3.59. The van der Waals surface area contributed by atoms with Gasteiger partial charge in [0.15, 0.2) is 0 Å². The van der Waals surface area contributed by atoms with Gasteiger partial charge in [0.05, 0.1) is 18.8 Å². The van der Waals surface area contributed by atoms with Gasteiger partial charge < -0.3 is 24.6 Å². The Labute approximate surface area is 177 Å². The Kier molecular flexibility index (Phi) is 6.84. The van der Waals surface area contributed by atoms with Crippen LogP contribution in [-0.4, -0.2) is 85.7 Å². The molecule has 2 aliphatic heterocycles. The summed E-state index contributed by atoms with van der Waals surface area (Å²) < 4.78 is 10.7. The molecule has 1 saturated carbocycles. The standard InChI is InChI=1S/C22H32N4O4/c1-29-20-5-4-18(10-23-20)22(28)24-11-19-14-26(21(27)15-30-19)13-17-6-8-25(9-7-17)12-16-2-3-16/h4-5,10,16-17,19H,2-3,6-9,11-15H2,1H3,(H,24,28). The molecule has 8 nitrogen and oxygen atoms in total. The molecule has 3 aliphatic rings. The third-order valence-electron chi connectivity index (χ3n) is 6.32. The predicted molar refractivity (Wildman–Crippen MR) is 111 cm³/mol. The molecule has 0 aromatic carbocycles. The number of likely N-dealkylation sites (tertiary alicyclic amines) is 1. The van der Waals surface area contributed by atoms with E-state index in [4.69, 9.17) is 9.47 Å². The Balaban J connectivity index is 1.21. The first kappa shape index (κ1) is 21.1. The number of hydrogen-bond donors (Lipinski definition) is 1. The van der Waals surface area contributed by atoms with Crippen molar-refractivity contribution in [1.82, 2.24) is 20.1 Å². The number of piperidine rings is 1. The summed E-state index contributed by atoms with van der Waals surface area (Å²) in [6, 6.07) is 3.33. The lowest BCUT2D eigenvalue weighted by Crippen LogP contribution is -2.52. The molecule has 1 atom stereocenters. The smallest absolute Gasteiger partial charge is 0.252 e. The van der Waals surface area contributed by atoms with Gasteiger partial charge in [0.25, 0.3) is 5.91 Å². The van der Waals surface area contributed by atoms with E-state index in [1.807, 2.05) is 4.90 Å². The largest absolute Gasteiger partial charge is 0.481 e. The maximum absolute atomic E-state index is 12.3. The highest BCUT2D eigenvalue weighted by atomic mass is 16.5. The molecule has 2 saturated heterocycles. The van der Waals surface area contributed by atoms with Crippen molar-refractivity contribution in [2.45, 2.75) is 31.8 Å². The normalized spacial score (nSPS) is 23.4. The number of aromatic nitrogens is 1. The quantitative estimate of drug-likeness (QED) is 0.685. The minimum absolute atomic E-state index is 0.0531. The van der Waals surface area contributed by atoms with Crippen LogP contribution >= 0.6 is 0 Å². The second-order valence-corrected chi connectivity index (χ2v) is 8.72. The molecule has 1 N–H and O–H groups in total. The maximum Gasteiger partial charge on any atom is 0.252 e. The van der Waals surface area contributed by atoms with Gasteiger partial charge in [-0.3, -0.25) is 9.59 Å². The lowest BCUT2D eigenvalue weighted by molar-refractivity contribution is -0.149. The van der Waals surface area contributed by atoms with Crippen molar-refractivity contribution in [1.29, 1.82) is 0 Å². The van der Waals surface area contributed by atoms with E-state index < -0.39 is 0 Å². The van der Waals surface area contributed by atoms with Crippen LogP contribution in [0.5, 0.6) is 5.88 Å². The second kappa shape index (κ2) is 9.75. The Hall–Kier alpha value is -2.19. The number of amides is 2. The van der Waals surface area contributed by atoms with Crippen molar-refractivity contribution in [3.05, 3.63) is 23.9 Å². The van der Waals surface area contributed by atoms with E-state index in [2.05, 4.69) is 15.2 Å². The number of ether oxygens (including phenoxy) is 2. The molecule has 0 bridgehead atoms. The van der Waals surface area contributed by atoms with E-state index in [-0.39, 0.29) is 24.5 Å². The van der Waals surface area contributed by atoms with E-state index in [1.54, 1.807) is 12.1 Å². The number of morpholine rings is 1. The highest BCUT2D eigenvalue weighted by Crippen LogP contribution is 2.31. The number of rotatable bonds is 8. The monoisotopic (exact) mass is 416 g/mol. The first-order valence-corrected chi connectivity index (χ1v) is 11.0. The lowest BCUT2D eigenvalue weighted by atomic mass is 9.95. The molecule has 8 heteroatoms. The summed E-state index contributed by atoms with van der Waals surface area (Å²) in [5, 5.41) is 2.89. The summed E-state index contributed by atoms with van der Waals surface area (Å²) in [6.07, 6.45) is 6.41. The molecule has 2 amide bonds. The molecule has 0 radical (unpaired) electrons. The number of hydrogen-bond acceptors (Lipinski definition) is 6. The van der Waals surface area contributed by atoms with Gasteiger partial charge in [0, 0.05) is 38.4 Å². The zero-order valence-corrected chi connectivity index (χ0v) is 17.7. The highest BCUT2D eigenvalue weighted by molar-refractivity contribution is 5.93. The molecule has 164 valence electrons. The van der Waals surface area contributed by atoms with Gasteiger partial charge in [-0.05, 0) is 56.7 Å². The molecule has 1 unspecified atom stereocenters. The lowest BCUT2D eigenvalue weighted by Gasteiger charge is -2.38. The number of nitrogens with one attached hydrogen (secondary N) is 1. The van der Waals surface area contributed by atoms with Gasteiger partial charge in [-0.25, -0.2) is 4.98 Å². The Morgan fingerprint density at radius 3 is 2.63 bits per heavy atom. The van der Waals surface area contributed by atoms with E-state index in [0.717, 1.165) is 38.4 Å². The molecule has 3 fully saturated rings. The van der Waals surface area contributed by atoms with Crippen LogP contribution in [0.25, 0.3) is 0 Å². The zero-order valence-electron chi connectivity index (χ0n) is 17.7. The van der Waals surface area contributed by atoms with Gasteiger partial charge in [-0.2, -0.15) is 0 Å². The summed E-state index contributed by atoms with van der Waals surface area (Å²) in [4.78, 5) is 33.2. The molecule has 1 aliphatic carbocycles. The fraction of sp³-hybridized carbons (Fsp3) is 0.682. The van der Waals surface area contributed by atoms with E-state index in [9.17, 15) is 9.59 Å². The highest BCUT2D eigenvalue weighted by Gasteiger charge is 2.31. The van der Waals surface area contributed by atoms with Gasteiger partial charge in [-0.15, -0.1) is 0 Å². The first-order chi connectivity index (χ1) is 14.6. The molecule has 30 heavy (non-hydrogen) atoms. The van der Waals surface area contributed by atoms with Gasteiger partial charge in [-0.1, -0.05) is 0 Å². The molecule has 4 rings (SSSR count). The summed E-state index contributed by atoms with van der Waals surface area (Å²) in [5.41, 5.74) is 0.470. The molecule has 1 aromatic rings. The van der Waals surface area contributed by atoms with Crippen LogP contribution in [0.15, 0.2) is 18.3 Å². The number of carbonyl (C=O) groups is 2. The van der Waals surface area contributed by atoms with E-state index >= 15 is 0 Å². The maximum atomic E-state index is 12.3. The summed E-state index contributed by atoms with van der Waals surface area (Å²) in [7, 11) is 1.53. The third-order valence-corrected chi connectivity index (χ3v) is 6.32. The minimum Gasteiger partial charge on any atom is -0.481 e. The number of nitrogens with zero attached hydrogens (tertiary/aromatic N) is 3. The molecule has 3 heterocycles. The van der Waals surface area contributed by atoms with Crippen LogP contribution < -0.4 is 10.1 Å². The summed E-state index contributed by atoms with van der Waals surface area (Å²) in [5.74, 6) is 1.81. The Morgan fingerprint density at radius 2 is 1.97 bits per heavy atom. The molecule has 0 spiro atoms. The van der Waals surface area contributed by atoms with Gasteiger partial charge >= 0.3 is 0 Å². The van der Waals surface area contributed by atoms with Gasteiger partial charge in [0.2, 0.25) is 11.8 Å². The summed E-state index contributed by atoms with van der Waals surface area (Å²) in [6.45, 7) is 5.34. The van der Waals surface area contributed by atoms with Crippen molar-refractivity contribution in [2.24, 2.45) is 11.8 Å². The average molecular weight is 417 g/mol.